The molecule has 0 amide bonds. The minimum atomic E-state index is 0. The zero-order chi connectivity index (χ0) is 9.84. The van der Waals surface area contributed by atoms with Crippen molar-refractivity contribution < 1.29 is 0 Å². The maximum absolute atomic E-state index is 5.87. The van der Waals surface area contributed by atoms with Crippen LogP contribution in [0.3, 0.4) is 0 Å². The summed E-state index contributed by atoms with van der Waals surface area (Å²) in [5.74, 6) is 0.0380. The summed E-state index contributed by atoms with van der Waals surface area (Å²) in [7, 11) is 0. The minimum absolute atomic E-state index is 0. The Kier molecular flexibility index (Phi) is 5.69. The van der Waals surface area contributed by atoms with Crippen molar-refractivity contribution in [2.24, 2.45) is 16.5 Å². The van der Waals surface area contributed by atoms with E-state index in [2.05, 4.69) is 4.99 Å². The van der Waals surface area contributed by atoms with E-state index >= 15 is 0 Å². The molecular weight excluding hydrogens is 244 g/mol. The first-order valence-electron chi connectivity index (χ1n) is 3.59. The van der Waals surface area contributed by atoms with Crippen molar-refractivity contribution in [1.29, 1.82) is 0 Å². The van der Waals surface area contributed by atoms with Gasteiger partial charge >= 0.3 is 0 Å². The predicted octanol–water partition coefficient (Wildman–Crippen LogP) is 2.19. The molecule has 1 aromatic rings. The van der Waals surface area contributed by atoms with Gasteiger partial charge in [-0.1, -0.05) is 23.2 Å². The first-order chi connectivity index (χ1) is 6.09. The minimum Gasteiger partial charge on any atom is -0.370 e. The second-order valence-corrected chi connectivity index (χ2v) is 3.32. The van der Waals surface area contributed by atoms with Gasteiger partial charge in [0.25, 0.3) is 0 Å². The number of aliphatic imine (C=N–C) groups is 1. The molecule has 78 valence electrons. The molecule has 0 aliphatic carbocycles. The lowest BCUT2D eigenvalue weighted by Crippen LogP contribution is -2.22. The van der Waals surface area contributed by atoms with Crippen LogP contribution in [-0.4, -0.2) is 5.96 Å². The SMILES string of the molecule is Cl.NC(N)=NCc1cc(Cl)ccc1Cl. The van der Waals surface area contributed by atoms with Gasteiger partial charge in [-0.15, -0.1) is 12.4 Å². The lowest BCUT2D eigenvalue weighted by atomic mass is 10.2. The Labute approximate surface area is 98.5 Å². The summed E-state index contributed by atoms with van der Waals surface area (Å²) in [6, 6.07) is 5.15. The number of rotatable bonds is 2. The molecule has 0 fully saturated rings. The maximum atomic E-state index is 5.87. The van der Waals surface area contributed by atoms with E-state index in [1.165, 1.54) is 0 Å². The average molecular weight is 255 g/mol. The fourth-order valence-electron chi connectivity index (χ4n) is 0.841. The molecule has 3 nitrogen and oxygen atoms in total. The van der Waals surface area contributed by atoms with Crippen LogP contribution >= 0.6 is 35.6 Å². The number of hydrogen-bond donors (Lipinski definition) is 2. The van der Waals surface area contributed by atoms with Crippen molar-refractivity contribution in [3.8, 4) is 0 Å². The van der Waals surface area contributed by atoms with Gasteiger partial charge < -0.3 is 11.5 Å². The van der Waals surface area contributed by atoms with Crippen molar-refractivity contribution in [1.82, 2.24) is 0 Å². The summed E-state index contributed by atoms with van der Waals surface area (Å²) < 4.78 is 0. The smallest absolute Gasteiger partial charge is 0.186 e. The summed E-state index contributed by atoms with van der Waals surface area (Å²) in [6.07, 6.45) is 0. The molecule has 0 radical (unpaired) electrons. The standard InChI is InChI=1S/C8H9Cl2N3.ClH/c9-6-1-2-7(10)5(3-6)4-13-8(11)12;/h1-3H,4H2,(H4,11,12,13);1H. The van der Waals surface area contributed by atoms with Gasteiger partial charge in [0.2, 0.25) is 0 Å². The summed E-state index contributed by atoms with van der Waals surface area (Å²) in [6.45, 7) is 0.349. The highest BCUT2D eigenvalue weighted by molar-refractivity contribution is 6.33. The summed E-state index contributed by atoms with van der Waals surface area (Å²) in [4.78, 5) is 3.83. The van der Waals surface area contributed by atoms with Crippen LogP contribution in [0.4, 0.5) is 0 Å². The molecule has 1 aromatic carbocycles. The van der Waals surface area contributed by atoms with Crippen LogP contribution in [-0.2, 0) is 6.54 Å². The zero-order valence-electron chi connectivity index (χ0n) is 7.21. The second-order valence-electron chi connectivity index (χ2n) is 2.48. The molecule has 0 aliphatic rings. The molecule has 14 heavy (non-hydrogen) atoms. The molecule has 0 aromatic heterocycles. The lowest BCUT2D eigenvalue weighted by Gasteiger charge is -2.01. The molecule has 0 saturated heterocycles. The Hall–Kier alpha value is -0.640. The molecule has 0 bridgehead atoms. The zero-order valence-corrected chi connectivity index (χ0v) is 9.53. The number of hydrogen-bond acceptors (Lipinski definition) is 1. The van der Waals surface area contributed by atoms with E-state index in [-0.39, 0.29) is 18.4 Å². The number of nitrogens with zero attached hydrogens (tertiary/aromatic N) is 1. The molecule has 0 heterocycles. The molecule has 0 saturated carbocycles. The fourth-order valence-corrected chi connectivity index (χ4v) is 1.21. The van der Waals surface area contributed by atoms with Gasteiger partial charge in [-0.05, 0) is 23.8 Å². The van der Waals surface area contributed by atoms with Crippen LogP contribution in [0.1, 0.15) is 5.56 Å². The van der Waals surface area contributed by atoms with Crippen molar-refractivity contribution in [2.75, 3.05) is 0 Å². The molecule has 0 atom stereocenters. The van der Waals surface area contributed by atoms with E-state index < -0.39 is 0 Å². The van der Waals surface area contributed by atoms with Crippen LogP contribution in [0.25, 0.3) is 0 Å². The maximum Gasteiger partial charge on any atom is 0.186 e. The topological polar surface area (TPSA) is 64.4 Å². The van der Waals surface area contributed by atoms with Crippen LogP contribution in [0.5, 0.6) is 0 Å². The predicted molar refractivity (Wildman–Crippen MR) is 63.2 cm³/mol. The molecular formula is C8H10Cl3N3. The molecule has 0 aliphatic heterocycles. The molecule has 0 spiro atoms. The third kappa shape index (κ3) is 4.05. The van der Waals surface area contributed by atoms with Crippen LogP contribution in [0, 0.1) is 0 Å². The fraction of sp³-hybridized carbons (Fsp3) is 0.125. The molecule has 6 heteroatoms. The lowest BCUT2D eigenvalue weighted by molar-refractivity contribution is 1.05. The van der Waals surface area contributed by atoms with Gasteiger partial charge in [-0.3, -0.25) is 0 Å². The third-order valence-electron chi connectivity index (χ3n) is 1.44. The van der Waals surface area contributed by atoms with Crippen molar-refractivity contribution in [3.63, 3.8) is 0 Å². The quantitative estimate of drug-likeness (QED) is 0.628. The average Bonchev–Trinajstić information content (AvgIpc) is 2.06. The normalized spacial score (nSPS) is 9.00. The summed E-state index contributed by atoms with van der Waals surface area (Å²) in [5.41, 5.74) is 11.2. The first kappa shape index (κ1) is 13.4. The number of benzene rings is 1. The molecule has 4 N–H and O–H groups in total. The highest BCUT2D eigenvalue weighted by Crippen LogP contribution is 2.20. The van der Waals surface area contributed by atoms with E-state index in [9.17, 15) is 0 Å². The first-order valence-corrected chi connectivity index (χ1v) is 4.34. The summed E-state index contributed by atoms with van der Waals surface area (Å²) in [5, 5.41) is 1.22. The van der Waals surface area contributed by atoms with Crippen LogP contribution in [0.15, 0.2) is 23.2 Å². The monoisotopic (exact) mass is 253 g/mol. The van der Waals surface area contributed by atoms with Crippen molar-refractivity contribution in [2.45, 2.75) is 6.54 Å². The second kappa shape index (κ2) is 5.96. The third-order valence-corrected chi connectivity index (χ3v) is 2.04. The van der Waals surface area contributed by atoms with Gasteiger partial charge in [0.15, 0.2) is 5.96 Å². The largest absolute Gasteiger partial charge is 0.370 e. The van der Waals surface area contributed by atoms with E-state index in [1.807, 2.05) is 0 Å². The van der Waals surface area contributed by atoms with Gasteiger partial charge in [-0.2, -0.15) is 0 Å². The van der Waals surface area contributed by atoms with E-state index in [0.29, 0.717) is 16.6 Å². The van der Waals surface area contributed by atoms with Crippen molar-refractivity contribution >= 4 is 41.6 Å². The van der Waals surface area contributed by atoms with Gasteiger partial charge in [0.05, 0.1) is 6.54 Å². The Morgan fingerprint density at radius 2 is 1.93 bits per heavy atom. The van der Waals surface area contributed by atoms with Crippen LogP contribution < -0.4 is 11.5 Å². The highest BCUT2D eigenvalue weighted by Gasteiger charge is 1.99. The Morgan fingerprint density at radius 1 is 1.29 bits per heavy atom. The highest BCUT2D eigenvalue weighted by atomic mass is 35.5. The van der Waals surface area contributed by atoms with E-state index in [1.54, 1.807) is 18.2 Å². The Bertz CT molecular complexity index is 335. The van der Waals surface area contributed by atoms with Gasteiger partial charge in [0.1, 0.15) is 0 Å². The van der Waals surface area contributed by atoms with Crippen molar-refractivity contribution in [3.05, 3.63) is 33.8 Å². The van der Waals surface area contributed by atoms with Gasteiger partial charge in [-0.25, -0.2) is 4.99 Å². The van der Waals surface area contributed by atoms with Gasteiger partial charge in [0, 0.05) is 10.0 Å². The molecule has 1 rings (SSSR count). The van der Waals surface area contributed by atoms with E-state index in [4.69, 9.17) is 34.7 Å². The van der Waals surface area contributed by atoms with E-state index in [0.717, 1.165) is 5.56 Å². The Balaban J connectivity index is 0.00000169. The number of guanidine groups is 1. The molecule has 0 unspecified atom stereocenters. The summed E-state index contributed by atoms with van der Waals surface area (Å²) >= 11 is 11.6. The Morgan fingerprint density at radius 3 is 2.50 bits per heavy atom. The number of nitrogens with two attached hydrogens (primary N) is 2. The number of halogens is 3. The van der Waals surface area contributed by atoms with Crippen LogP contribution in [0.2, 0.25) is 10.0 Å².